The van der Waals surface area contributed by atoms with E-state index in [1.165, 1.54) is 29.6 Å². The summed E-state index contributed by atoms with van der Waals surface area (Å²) in [6.45, 7) is 1.07. The summed E-state index contributed by atoms with van der Waals surface area (Å²) in [4.78, 5) is 2.81. The first-order valence-corrected chi connectivity index (χ1v) is 7.77. The van der Waals surface area contributed by atoms with Crippen LogP contribution in [0.3, 0.4) is 0 Å². The molecule has 1 heterocycles. The normalized spacial score (nSPS) is 16.4. The number of hydrogen-bond acceptors (Lipinski definition) is 4. The summed E-state index contributed by atoms with van der Waals surface area (Å²) in [5.41, 5.74) is 8.70. The fraction of sp³-hybridized carbons (Fsp3) is 0.500. The summed E-state index contributed by atoms with van der Waals surface area (Å²) >= 11 is 0. The SMILES string of the molecule is COc1ccc(S(=O)(=O)N2CCCCC2)cc1N=[N+]=[N-]. The van der Waals surface area contributed by atoms with Crippen LogP contribution in [0, 0.1) is 0 Å². The molecular weight excluding hydrogens is 280 g/mol. The van der Waals surface area contributed by atoms with Gasteiger partial charge in [-0.05, 0) is 36.6 Å². The van der Waals surface area contributed by atoms with Gasteiger partial charge in [-0.15, -0.1) is 0 Å². The molecule has 0 N–H and O–H groups in total. The summed E-state index contributed by atoms with van der Waals surface area (Å²) < 4.78 is 31.5. The third-order valence-corrected chi connectivity index (χ3v) is 5.15. The molecule has 0 radical (unpaired) electrons. The van der Waals surface area contributed by atoms with Crippen LogP contribution >= 0.6 is 0 Å². The van der Waals surface area contributed by atoms with Crippen molar-refractivity contribution < 1.29 is 13.2 Å². The van der Waals surface area contributed by atoms with E-state index in [1.807, 2.05) is 0 Å². The van der Waals surface area contributed by atoms with E-state index in [0.717, 1.165) is 19.3 Å². The van der Waals surface area contributed by atoms with E-state index in [4.69, 9.17) is 10.3 Å². The Morgan fingerprint density at radius 1 is 1.30 bits per heavy atom. The summed E-state index contributed by atoms with van der Waals surface area (Å²) in [6, 6.07) is 4.32. The zero-order valence-electron chi connectivity index (χ0n) is 11.2. The zero-order chi connectivity index (χ0) is 14.6. The van der Waals surface area contributed by atoms with Crippen LogP contribution in [0.1, 0.15) is 19.3 Å². The lowest BCUT2D eigenvalue weighted by atomic mass is 10.2. The Balaban J connectivity index is 2.41. The molecule has 0 atom stereocenters. The second kappa shape index (κ2) is 6.13. The third-order valence-electron chi connectivity index (χ3n) is 3.26. The molecule has 2 rings (SSSR count). The first-order chi connectivity index (χ1) is 9.59. The van der Waals surface area contributed by atoms with Crippen LogP contribution in [0.15, 0.2) is 28.2 Å². The molecule has 0 spiro atoms. The van der Waals surface area contributed by atoms with Crippen LogP contribution in [0.5, 0.6) is 5.75 Å². The number of azide groups is 1. The molecule has 1 aromatic rings. The van der Waals surface area contributed by atoms with Gasteiger partial charge in [-0.25, -0.2) is 8.42 Å². The second-order valence-electron chi connectivity index (χ2n) is 4.49. The monoisotopic (exact) mass is 296 g/mol. The largest absolute Gasteiger partial charge is 0.496 e. The highest BCUT2D eigenvalue weighted by atomic mass is 32.2. The standard InChI is InChI=1S/C12H16N4O3S/c1-19-12-6-5-10(9-11(12)14-15-13)20(17,18)16-7-3-2-4-8-16/h5-6,9H,2-4,7-8H2,1H3. The Hall–Kier alpha value is -1.76. The molecule has 1 aliphatic rings. The maximum Gasteiger partial charge on any atom is 0.243 e. The van der Waals surface area contributed by atoms with E-state index in [9.17, 15) is 8.42 Å². The smallest absolute Gasteiger partial charge is 0.243 e. The van der Waals surface area contributed by atoms with Gasteiger partial charge in [-0.1, -0.05) is 11.5 Å². The minimum absolute atomic E-state index is 0.127. The van der Waals surface area contributed by atoms with Crippen LogP contribution < -0.4 is 4.74 Å². The molecule has 0 unspecified atom stereocenters. The summed E-state index contributed by atoms with van der Waals surface area (Å²) in [6.07, 6.45) is 2.80. The Kier molecular flexibility index (Phi) is 4.49. The van der Waals surface area contributed by atoms with Crippen LogP contribution in [0.25, 0.3) is 10.4 Å². The number of hydrogen-bond donors (Lipinski definition) is 0. The summed E-state index contributed by atoms with van der Waals surface area (Å²) in [7, 11) is -2.10. The second-order valence-corrected chi connectivity index (χ2v) is 6.43. The Labute approximate surface area is 117 Å². The van der Waals surface area contributed by atoms with Crippen LogP contribution in [-0.2, 0) is 10.0 Å². The van der Waals surface area contributed by atoms with Gasteiger partial charge in [-0.2, -0.15) is 4.31 Å². The number of rotatable bonds is 4. The van der Waals surface area contributed by atoms with Gasteiger partial charge in [-0.3, -0.25) is 0 Å². The Morgan fingerprint density at radius 2 is 2.00 bits per heavy atom. The maximum absolute atomic E-state index is 12.5. The van der Waals surface area contributed by atoms with Crippen molar-refractivity contribution >= 4 is 15.7 Å². The van der Waals surface area contributed by atoms with Gasteiger partial charge in [0.2, 0.25) is 10.0 Å². The van der Waals surface area contributed by atoms with Gasteiger partial charge in [0.1, 0.15) is 5.75 Å². The van der Waals surface area contributed by atoms with Gasteiger partial charge in [0, 0.05) is 18.0 Å². The van der Waals surface area contributed by atoms with Gasteiger partial charge in [0.25, 0.3) is 0 Å². The first-order valence-electron chi connectivity index (χ1n) is 6.33. The van der Waals surface area contributed by atoms with Crippen molar-refractivity contribution in [2.24, 2.45) is 5.11 Å². The minimum atomic E-state index is -3.53. The lowest BCUT2D eigenvalue weighted by molar-refractivity contribution is 0.346. The quantitative estimate of drug-likeness (QED) is 0.485. The van der Waals surface area contributed by atoms with Crippen molar-refractivity contribution in [2.45, 2.75) is 24.2 Å². The fourth-order valence-corrected chi connectivity index (χ4v) is 3.75. The topological polar surface area (TPSA) is 95.4 Å². The van der Waals surface area contributed by atoms with Gasteiger partial charge >= 0.3 is 0 Å². The molecule has 1 fully saturated rings. The number of sulfonamides is 1. The number of nitrogens with zero attached hydrogens (tertiary/aromatic N) is 4. The minimum Gasteiger partial charge on any atom is -0.496 e. The van der Waals surface area contributed by atoms with Crippen molar-refractivity contribution in [3.05, 3.63) is 28.6 Å². The van der Waals surface area contributed by atoms with E-state index in [-0.39, 0.29) is 10.6 Å². The highest BCUT2D eigenvalue weighted by molar-refractivity contribution is 7.89. The molecule has 0 amide bonds. The lowest BCUT2D eigenvalue weighted by Gasteiger charge is -2.26. The van der Waals surface area contributed by atoms with Crippen LogP contribution in [-0.4, -0.2) is 32.9 Å². The highest BCUT2D eigenvalue weighted by Crippen LogP contribution is 2.31. The molecule has 1 aliphatic heterocycles. The van der Waals surface area contributed by atoms with Crippen LogP contribution in [0.2, 0.25) is 0 Å². The van der Waals surface area contributed by atoms with Gasteiger partial charge in [0.15, 0.2) is 0 Å². The fourth-order valence-electron chi connectivity index (χ4n) is 2.21. The lowest BCUT2D eigenvalue weighted by Crippen LogP contribution is -2.35. The molecule has 0 aliphatic carbocycles. The predicted octanol–water partition coefficient (Wildman–Crippen LogP) is 2.81. The maximum atomic E-state index is 12.5. The van der Waals surface area contributed by atoms with Crippen molar-refractivity contribution in [2.75, 3.05) is 20.2 Å². The molecule has 8 heteroatoms. The zero-order valence-corrected chi connectivity index (χ0v) is 12.0. The van der Waals surface area contributed by atoms with Gasteiger partial charge < -0.3 is 4.74 Å². The molecule has 0 aromatic heterocycles. The van der Waals surface area contributed by atoms with Crippen molar-refractivity contribution in [1.29, 1.82) is 0 Å². The van der Waals surface area contributed by atoms with Crippen LogP contribution in [0.4, 0.5) is 5.69 Å². The molecule has 0 bridgehead atoms. The average Bonchev–Trinajstić information content (AvgIpc) is 2.48. The highest BCUT2D eigenvalue weighted by Gasteiger charge is 2.26. The van der Waals surface area contributed by atoms with Crippen molar-refractivity contribution in [3.8, 4) is 5.75 Å². The van der Waals surface area contributed by atoms with E-state index in [1.54, 1.807) is 0 Å². The molecule has 0 saturated carbocycles. The molecule has 7 nitrogen and oxygen atoms in total. The predicted molar refractivity (Wildman–Crippen MR) is 74.4 cm³/mol. The summed E-state index contributed by atoms with van der Waals surface area (Å²) in [5.74, 6) is 0.348. The first kappa shape index (κ1) is 14.6. The molecule has 1 aromatic carbocycles. The number of methoxy groups -OCH3 is 1. The van der Waals surface area contributed by atoms with E-state index in [2.05, 4.69) is 10.0 Å². The molecule has 108 valence electrons. The van der Waals surface area contributed by atoms with Crippen molar-refractivity contribution in [3.63, 3.8) is 0 Å². The number of piperidine rings is 1. The molecular formula is C12H16N4O3S. The Bertz CT molecular complexity index is 632. The van der Waals surface area contributed by atoms with Gasteiger partial charge in [0.05, 0.1) is 17.7 Å². The third kappa shape index (κ3) is 2.87. The average molecular weight is 296 g/mol. The van der Waals surface area contributed by atoms with E-state index < -0.39 is 10.0 Å². The number of benzene rings is 1. The van der Waals surface area contributed by atoms with E-state index >= 15 is 0 Å². The Morgan fingerprint density at radius 3 is 2.60 bits per heavy atom. The van der Waals surface area contributed by atoms with E-state index in [0.29, 0.717) is 18.8 Å². The summed E-state index contributed by atoms with van der Waals surface area (Å²) in [5, 5.41) is 3.47. The molecule has 20 heavy (non-hydrogen) atoms. The number of ether oxygens (including phenoxy) is 1. The van der Waals surface area contributed by atoms with Crippen molar-refractivity contribution in [1.82, 2.24) is 4.31 Å². The molecule has 1 saturated heterocycles.